The average molecular weight is 407 g/mol. The van der Waals surface area contributed by atoms with Crippen LogP contribution in [0.5, 0.6) is 0 Å². The van der Waals surface area contributed by atoms with Crippen LogP contribution in [0.2, 0.25) is 0 Å². The van der Waals surface area contributed by atoms with E-state index in [9.17, 15) is 8.78 Å². The van der Waals surface area contributed by atoms with Crippen LogP contribution >= 0.6 is 0 Å². The molecule has 0 atom stereocenters. The molecule has 1 saturated heterocycles. The monoisotopic (exact) mass is 406 g/mol. The van der Waals surface area contributed by atoms with Gasteiger partial charge < -0.3 is 9.47 Å². The fourth-order valence-corrected chi connectivity index (χ4v) is 5.78. The lowest BCUT2D eigenvalue weighted by atomic mass is 9.74. The lowest BCUT2D eigenvalue weighted by Gasteiger charge is -2.32. The van der Waals surface area contributed by atoms with Gasteiger partial charge in [0.2, 0.25) is 0 Å². The number of ether oxygens (including phenoxy) is 2. The summed E-state index contributed by atoms with van der Waals surface area (Å²) in [6.45, 7) is 1.53. The zero-order valence-electron chi connectivity index (χ0n) is 17.6. The van der Waals surface area contributed by atoms with E-state index in [1.165, 1.54) is 69.9 Å². The molecule has 0 amide bonds. The quantitative estimate of drug-likeness (QED) is 0.486. The van der Waals surface area contributed by atoms with Crippen molar-refractivity contribution in [2.45, 2.75) is 89.3 Å². The molecule has 4 rings (SSSR count). The maximum Gasteiger partial charge on any atom is 0.159 e. The van der Waals surface area contributed by atoms with Crippen molar-refractivity contribution in [2.75, 3.05) is 13.2 Å². The molecule has 1 aromatic rings. The van der Waals surface area contributed by atoms with Gasteiger partial charge in [0.25, 0.3) is 0 Å². The van der Waals surface area contributed by atoms with Gasteiger partial charge in [0.15, 0.2) is 17.9 Å². The standard InChI is InChI=1S/C25H36F2O2/c26-23-13-12-22(17-24(23)27)21-10-7-20(8-11-21)6-3-18-1-4-19(5-2-18)9-14-25-28-15-16-29-25/h12-13,17-21,25H,1-11,14-16H2/t18-,19-,20-,21-. The normalized spacial score (nSPS) is 31.2. The highest BCUT2D eigenvalue weighted by molar-refractivity contribution is 5.22. The van der Waals surface area contributed by atoms with Crippen LogP contribution in [0.25, 0.3) is 0 Å². The van der Waals surface area contributed by atoms with Crippen molar-refractivity contribution in [3.05, 3.63) is 35.4 Å². The van der Waals surface area contributed by atoms with Gasteiger partial charge in [0, 0.05) is 0 Å². The predicted molar refractivity (Wildman–Crippen MR) is 111 cm³/mol. The van der Waals surface area contributed by atoms with E-state index in [1.807, 2.05) is 0 Å². The second-order valence-corrected chi connectivity index (χ2v) is 9.60. The van der Waals surface area contributed by atoms with Gasteiger partial charge in [-0.05, 0) is 79.9 Å². The minimum atomic E-state index is -0.739. The number of rotatable bonds is 7. The zero-order chi connectivity index (χ0) is 20.1. The van der Waals surface area contributed by atoms with E-state index in [2.05, 4.69) is 0 Å². The topological polar surface area (TPSA) is 18.5 Å². The Kier molecular flexibility index (Phi) is 7.58. The highest BCUT2D eigenvalue weighted by Crippen LogP contribution is 2.40. The third-order valence-electron chi connectivity index (χ3n) is 7.71. The Balaban J connectivity index is 1.11. The molecular formula is C25H36F2O2. The molecular weight excluding hydrogens is 370 g/mol. The molecule has 3 fully saturated rings. The van der Waals surface area contributed by atoms with E-state index in [-0.39, 0.29) is 6.29 Å². The summed E-state index contributed by atoms with van der Waals surface area (Å²) in [5.74, 6) is 1.57. The predicted octanol–water partition coefficient (Wildman–Crippen LogP) is 6.98. The molecule has 4 heteroatoms. The van der Waals surface area contributed by atoms with Crippen LogP contribution in [0.3, 0.4) is 0 Å². The molecule has 29 heavy (non-hydrogen) atoms. The zero-order valence-corrected chi connectivity index (χ0v) is 17.6. The van der Waals surface area contributed by atoms with Crippen LogP contribution in [0.15, 0.2) is 18.2 Å². The average Bonchev–Trinajstić information content (AvgIpc) is 3.28. The van der Waals surface area contributed by atoms with E-state index in [0.717, 1.165) is 55.8 Å². The fraction of sp³-hybridized carbons (Fsp3) is 0.760. The number of hydrogen-bond acceptors (Lipinski definition) is 2. The Bertz CT molecular complexity index is 628. The van der Waals surface area contributed by atoms with Crippen LogP contribution in [0, 0.1) is 29.4 Å². The van der Waals surface area contributed by atoms with Crippen molar-refractivity contribution in [2.24, 2.45) is 17.8 Å². The molecule has 0 radical (unpaired) electrons. The first-order valence-electron chi connectivity index (χ1n) is 11.9. The summed E-state index contributed by atoms with van der Waals surface area (Å²) >= 11 is 0. The van der Waals surface area contributed by atoms with Gasteiger partial charge in [-0.3, -0.25) is 0 Å². The van der Waals surface area contributed by atoms with Crippen molar-refractivity contribution in [3.8, 4) is 0 Å². The van der Waals surface area contributed by atoms with Crippen LogP contribution in [0.4, 0.5) is 8.78 Å². The van der Waals surface area contributed by atoms with Gasteiger partial charge in [-0.2, -0.15) is 0 Å². The lowest BCUT2D eigenvalue weighted by molar-refractivity contribution is -0.0512. The summed E-state index contributed by atoms with van der Waals surface area (Å²) in [4.78, 5) is 0. The van der Waals surface area contributed by atoms with Crippen molar-refractivity contribution < 1.29 is 18.3 Å². The van der Waals surface area contributed by atoms with E-state index >= 15 is 0 Å². The van der Waals surface area contributed by atoms with Gasteiger partial charge in [-0.15, -0.1) is 0 Å². The Hall–Kier alpha value is -1.00. The third kappa shape index (κ3) is 6.01. The molecule has 2 saturated carbocycles. The van der Waals surface area contributed by atoms with Crippen molar-refractivity contribution in [1.29, 1.82) is 0 Å². The number of benzene rings is 1. The molecule has 0 spiro atoms. The summed E-state index contributed by atoms with van der Waals surface area (Å²) in [6, 6.07) is 4.46. The van der Waals surface area contributed by atoms with Gasteiger partial charge >= 0.3 is 0 Å². The molecule has 0 N–H and O–H groups in total. The molecule has 2 nitrogen and oxygen atoms in total. The minimum absolute atomic E-state index is 0.0641. The third-order valence-corrected chi connectivity index (χ3v) is 7.71. The first-order valence-corrected chi connectivity index (χ1v) is 11.9. The van der Waals surface area contributed by atoms with Gasteiger partial charge in [0.1, 0.15) is 0 Å². The summed E-state index contributed by atoms with van der Waals surface area (Å²) in [5.41, 5.74) is 0.981. The van der Waals surface area contributed by atoms with Crippen LogP contribution < -0.4 is 0 Å². The molecule has 3 aliphatic rings. The van der Waals surface area contributed by atoms with Crippen molar-refractivity contribution in [1.82, 2.24) is 0 Å². The van der Waals surface area contributed by atoms with E-state index < -0.39 is 11.6 Å². The Morgan fingerprint density at radius 2 is 1.17 bits per heavy atom. The molecule has 0 unspecified atom stereocenters. The van der Waals surface area contributed by atoms with Crippen molar-refractivity contribution >= 4 is 0 Å². The molecule has 0 bridgehead atoms. The fourth-order valence-electron chi connectivity index (χ4n) is 5.78. The summed E-state index contributed by atoms with van der Waals surface area (Å²) in [7, 11) is 0. The summed E-state index contributed by atoms with van der Waals surface area (Å²) < 4.78 is 37.8. The summed E-state index contributed by atoms with van der Waals surface area (Å²) in [5, 5.41) is 0. The Morgan fingerprint density at radius 3 is 1.72 bits per heavy atom. The first kappa shape index (κ1) is 21.2. The van der Waals surface area contributed by atoms with Crippen LogP contribution in [0.1, 0.15) is 88.5 Å². The van der Waals surface area contributed by atoms with E-state index in [4.69, 9.17) is 9.47 Å². The number of halogens is 2. The lowest BCUT2D eigenvalue weighted by Crippen LogP contribution is -2.19. The second kappa shape index (κ2) is 10.3. The highest BCUT2D eigenvalue weighted by atomic mass is 19.2. The van der Waals surface area contributed by atoms with E-state index in [1.54, 1.807) is 6.07 Å². The van der Waals surface area contributed by atoms with Crippen LogP contribution in [-0.4, -0.2) is 19.5 Å². The Labute approximate surface area is 174 Å². The SMILES string of the molecule is Fc1ccc([C@H]2CC[C@H](CC[C@H]3CC[C@H](CCC4OCCO4)CC3)CC2)cc1F. The molecule has 1 aliphatic heterocycles. The Morgan fingerprint density at radius 1 is 0.655 bits per heavy atom. The largest absolute Gasteiger partial charge is 0.350 e. The molecule has 162 valence electrons. The van der Waals surface area contributed by atoms with E-state index in [0.29, 0.717) is 5.92 Å². The molecule has 1 aromatic carbocycles. The van der Waals surface area contributed by atoms with Crippen molar-refractivity contribution in [3.63, 3.8) is 0 Å². The maximum absolute atomic E-state index is 13.5. The minimum Gasteiger partial charge on any atom is -0.350 e. The molecule has 1 heterocycles. The van der Waals surface area contributed by atoms with Gasteiger partial charge in [-0.25, -0.2) is 8.78 Å². The number of hydrogen-bond donors (Lipinski definition) is 0. The smallest absolute Gasteiger partial charge is 0.159 e. The molecule has 0 aromatic heterocycles. The maximum atomic E-state index is 13.5. The van der Waals surface area contributed by atoms with Gasteiger partial charge in [-0.1, -0.05) is 44.6 Å². The second-order valence-electron chi connectivity index (χ2n) is 9.60. The molecule has 2 aliphatic carbocycles. The first-order chi connectivity index (χ1) is 14.2. The van der Waals surface area contributed by atoms with Crippen LogP contribution in [-0.2, 0) is 9.47 Å². The highest BCUT2D eigenvalue weighted by Gasteiger charge is 2.26. The summed E-state index contributed by atoms with van der Waals surface area (Å²) in [6.07, 6.45) is 15.4. The van der Waals surface area contributed by atoms with Gasteiger partial charge in [0.05, 0.1) is 13.2 Å².